The number of hydrogen-bond donors (Lipinski definition) is 3. The van der Waals surface area contributed by atoms with Crippen LogP contribution >= 0.6 is 15.9 Å². The molecule has 0 fully saturated rings. The molecule has 1 aromatic rings. The molecule has 0 heterocycles. The SMILES string of the molecule is CC(C)C(NC(=O)Nc1c(F)cc(F)cc1Br)C(=O)O. The largest absolute Gasteiger partial charge is 0.480 e. The third kappa shape index (κ3) is 4.16. The first-order chi connectivity index (χ1) is 9.22. The molecule has 5 nitrogen and oxygen atoms in total. The summed E-state index contributed by atoms with van der Waals surface area (Å²) in [5.41, 5.74) is -0.267. The summed E-state index contributed by atoms with van der Waals surface area (Å²) in [7, 11) is 0. The smallest absolute Gasteiger partial charge is 0.326 e. The summed E-state index contributed by atoms with van der Waals surface area (Å²) in [6.07, 6.45) is 0. The molecular weight excluding hydrogens is 338 g/mol. The predicted octanol–water partition coefficient (Wildman–Crippen LogP) is 2.96. The third-order valence-electron chi connectivity index (χ3n) is 2.46. The average Bonchev–Trinajstić information content (AvgIpc) is 2.29. The van der Waals surface area contributed by atoms with Gasteiger partial charge < -0.3 is 15.7 Å². The first-order valence-corrected chi connectivity index (χ1v) is 6.46. The van der Waals surface area contributed by atoms with Crippen LogP contribution in [0.5, 0.6) is 0 Å². The van der Waals surface area contributed by atoms with Crippen LogP contribution < -0.4 is 10.6 Å². The van der Waals surface area contributed by atoms with Crippen LogP contribution in [0.1, 0.15) is 13.8 Å². The topological polar surface area (TPSA) is 78.4 Å². The fourth-order valence-corrected chi connectivity index (χ4v) is 1.97. The van der Waals surface area contributed by atoms with Gasteiger partial charge in [-0.25, -0.2) is 18.4 Å². The molecule has 1 atom stereocenters. The highest BCUT2D eigenvalue weighted by atomic mass is 79.9. The number of carbonyl (C=O) groups excluding carboxylic acids is 1. The summed E-state index contributed by atoms with van der Waals surface area (Å²) in [6.45, 7) is 3.24. The lowest BCUT2D eigenvalue weighted by atomic mass is 10.1. The lowest BCUT2D eigenvalue weighted by Gasteiger charge is -2.18. The van der Waals surface area contributed by atoms with E-state index in [-0.39, 0.29) is 16.1 Å². The lowest BCUT2D eigenvalue weighted by Crippen LogP contribution is -2.46. The first kappa shape index (κ1) is 16.4. The van der Waals surface area contributed by atoms with Crippen LogP contribution in [0.3, 0.4) is 0 Å². The van der Waals surface area contributed by atoms with Crippen molar-refractivity contribution in [3.8, 4) is 0 Å². The van der Waals surface area contributed by atoms with Crippen LogP contribution in [0.4, 0.5) is 19.3 Å². The summed E-state index contributed by atoms with van der Waals surface area (Å²) in [5, 5.41) is 13.3. The molecule has 110 valence electrons. The molecule has 0 aliphatic rings. The predicted molar refractivity (Wildman–Crippen MR) is 72.5 cm³/mol. The second kappa shape index (κ2) is 6.65. The number of carbonyl (C=O) groups is 2. The molecule has 1 unspecified atom stereocenters. The highest BCUT2D eigenvalue weighted by Gasteiger charge is 2.24. The number of anilines is 1. The Labute approximate surface area is 122 Å². The van der Waals surface area contributed by atoms with Gasteiger partial charge in [-0.3, -0.25) is 0 Å². The standard InChI is InChI=1S/C12H13BrF2N2O3/c1-5(2)9(11(18)19)16-12(20)17-10-7(13)3-6(14)4-8(10)15/h3-5,9H,1-2H3,(H,18,19)(H2,16,17,20). The zero-order chi connectivity index (χ0) is 15.4. The Bertz CT molecular complexity index is 514. The van der Waals surface area contributed by atoms with Gasteiger partial charge in [-0.2, -0.15) is 0 Å². The van der Waals surface area contributed by atoms with Crippen molar-refractivity contribution in [2.75, 3.05) is 5.32 Å². The van der Waals surface area contributed by atoms with Gasteiger partial charge in [0.15, 0.2) is 5.82 Å². The Kier molecular flexibility index (Phi) is 5.43. The van der Waals surface area contributed by atoms with E-state index in [1.165, 1.54) is 0 Å². The van der Waals surface area contributed by atoms with E-state index in [1.807, 2.05) is 0 Å². The van der Waals surface area contributed by atoms with E-state index in [0.29, 0.717) is 6.07 Å². The summed E-state index contributed by atoms with van der Waals surface area (Å²) in [5.74, 6) is -3.32. The fraction of sp³-hybridized carbons (Fsp3) is 0.333. The van der Waals surface area contributed by atoms with Crippen LogP contribution in [-0.2, 0) is 4.79 Å². The van der Waals surface area contributed by atoms with E-state index < -0.39 is 29.7 Å². The summed E-state index contributed by atoms with van der Waals surface area (Å²) in [4.78, 5) is 22.6. The van der Waals surface area contributed by atoms with Crippen molar-refractivity contribution in [1.82, 2.24) is 5.32 Å². The Hall–Kier alpha value is -1.70. The van der Waals surface area contributed by atoms with Crippen LogP contribution in [0.2, 0.25) is 0 Å². The quantitative estimate of drug-likeness (QED) is 0.781. The molecule has 0 spiro atoms. The summed E-state index contributed by atoms with van der Waals surface area (Å²) >= 11 is 2.91. The number of rotatable bonds is 4. The molecule has 0 radical (unpaired) electrons. The highest BCUT2D eigenvalue weighted by molar-refractivity contribution is 9.10. The molecule has 0 aliphatic heterocycles. The average molecular weight is 351 g/mol. The van der Waals surface area contributed by atoms with Crippen LogP contribution in [0, 0.1) is 17.6 Å². The van der Waals surface area contributed by atoms with E-state index in [9.17, 15) is 18.4 Å². The van der Waals surface area contributed by atoms with Crippen molar-refractivity contribution < 1.29 is 23.5 Å². The molecule has 2 amide bonds. The van der Waals surface area contributed by atoms with Gasteiger partial charge in [0.1, 0.15) is 11.9 Å². The fourth-order valence-electron chi connectivity index (χ4n) is 1.47. The number of amides is 2. The third-order valence-corrected chi connectivity index (χ3v) is 3.09. The Morgan fingerprint density at radius 3 is 2.35 bits per heavy atom. The number of benzene rings is 1. The summed E-state index contributed by atoms with van der Waals surface area (Å²) < 4.78 is 26.4. The van der Waals surface area contributed by atoms with E-state index in [4.69, 9.17) is 5.11 Å². The van der Waals surface area contributed by atoms with Gasteiger partial charge in [0.25, 0.3) is 0 Å². The van der Waals surface area contributed by atoms with Crippen LogP contribution in [0.15, 0.2) is 16.6 Å². The van der Waals surface area contributed by atoms with Gasteiger partial charge in [0, 0.05) is 10.5 Å². The molecule has 3 N–H and O–H groups in total. The van der Waals surface area contributed by atoms with E-state index >= 15 is 0 Å². The van der Waals surface area contributed by atoms with E-state index in [0.717, 1.165) is 6.07 Å². The summed E-state index contributed by atoms with van der Waals surface area (Å²) in [6, 6.07) is -0.414. The maximum absolute atomic E-state index is 13.5. The van der Waals surface area contributed by atoms with Crippen molar-refractivity contribution in [1.29, 1.82) is 0 Å². The van der Waals surface area contributed by atoms with Gasteiger partial charge >= 0.3 is 12.0 Å². The molecular formula is C12H13BrF2N2O3. The normalized spacial score (nSPS) is 12.1. The minimum atomic E-state index is -1.20. The minimum absolute atomic E-state index is 0.0153. The molecule has 0 aromatic heterocycles. The molecule has 0 bridgehead atoms. The zero-order valence-corrected chi connectivity index (χ0v) is 12.3. The molecule has 0 saturated carbocycles. The zero-order valence-electron chi connectivity index (χ0n) is 10.7. The van der Waals surface area contributed by atoms with Crippen LogP contribution in [0.25, 0.3) is 0 Å². The Morgan fingerprint density at radius 2 is 1.90 bits per heavy atom. The van der Waals surface area contributed by atoms with Gasteiger partial charge in [-0.1, -0.05) is 13.8 Å². The van der Waals surface area contributed by atoms with Gasteiger partial charge in [-0.05, 0) is 27.9 Å². The first-order valence-electron chi connectivity index (χ1n) is 5.67. The molecule has 20 heavy (non-hydrogen) atoms. The number of aliphatic carboxylic acids is 1. The number of nitrogens with one attached hydrogen (secondary N) is 2. The van der Waals surface area contributed by atoms with Crippen molar-refractivity contribution in [2.45, 2.75) is 19.9 Å². The molecule has 0 aliphatic carbocycles. The number of hydrogen-bond acceptors (Lipinski definition) is 2. The van der Waals surface area contributed by atoms with Crippen molar-refractivity contribution in [2.24, 2.45) is 5.92 Å². The number of carboxylic acid groups (broad SMARTS) is 1. The molecule has 0 saturated heterocycles. The lowest BCUT2D eigenvalue weighted by molar-refractivity contribution is -0.140. The second-order valence-electron chi connectivity index (χ2n) is 4.40. The van der Waals surface area contributed by atoms with Crippen molar-refractivity contribution in [3.63, 3.8) is 0 Å². The maximum atomic E-state index is 13.5. The van der Waals surface area contributed by atoms with Crippen molar-refractivity contribution in [3.05, 3.63) is 28.2 Å². The van der Waals surface area contributed by atoms with Crippen LogP contribution in [-0.4, -0.2) is 23.1 Å². The number of carboxylic acids is 1. The van der Waals surface area contributed by atoms with Gasteiger partial charge in [-0.15, -0.1) is 0 Å². The maximum Gasteiger partial charge on any atom is 0.326 e. The van der Waals surface area contributed by atoms with E-state index in [1.54, 1.807) is 13.8 Å². The molecule has 1 aromatic carbocycles. The van der Waals surface area contributed by atoms with Gasteiger partial charge in [0.2, 0.25) is 0 Å². The second-order valence-corrected chi connectivity index (χ2v) is 5.26. The Balaban J connectivity index is 2.84. The van der Waals surface area contributed by atoms with E-state index in [2.05, 4.69) is 26.6 Å². The minimum Gasteiger partial charge on any atom is -0.480 e. The monoisotopic (exact) mass is 350 g/mol. The van der Waals surface area contributed by atoms with Crippen molar-refractivity contribution >= 4 is 33.6 Å². The van der Waals surface area contributed by atoms with Gasteiger partial charge in [0.05, 0.1) is 5.69 Å². The highest BCUT2D eigenvalue weighted by Crippen LogP contribution is 2.26. The Morgan fingerprint density at radius 1 is 1.30 bits per heavy atom. The molecule has 8 heteroatoms. The number of urea groups is 1. The molecule has 1 rings (SSSR count). The number of halogens is 3.